The van der Waals surface area contributed by atoms with Gasteiger partial charge in [-0.25, -0.2) is 0 Å². The minimum Gasteiger partial charge on any atom is -0.330 e. The lowest BCUT2D eigenvalue weighted by Gasteiger charge is -2.27. The fraction of sp³-hybridized carbons (Fsp3) is 0.533. The largest absolute Gasteiger partial charge is 0.330 e. The van der Waals surface area contributed by atoms with Crippen molar-refractivity contribution >= 4 is 11.6 Å². The highest BCUT2D eigenvalue weighted by Gasteiger charge is 2.32. The number of nitrogens with zero attached hydrogens (tertiary/aromatic N) is 1. The van der Waals surface area contributed by atoms with Crippen molar-refractivity contribution in [1.82, 2.24) is 0 Å². The van der Waals surface area contributed by atoms with E-state index in [0.29, 0.717) is 18.9 Å². The Bertz CT molecular complexity index is 492. The molecular formula is C15H20N2O. The maximum Gasteiger partial charge on any atom is 0.231 e. The van der Waals surface area contributed by atoms with Gasteiger partial charge in [-0.05, 0) is 48.4 Å². The van der Waals surface area contributed by atoms with Gasteiger partial charge in [0, 0.05) is 6.54 Å². The van der Waals surface area contributed by atoms with Gasteiger partial charge < -0.3 is 10.6 Å². The van der Waals surface area contributed by atoms with Crippen molar-refractivity contribution in [1.29, 1.82) is 0 Å². The first-order valence-corrected chi connectivity index (χ1v) is 6.90. The third-order valence-corrected chi connectivity index (χ3v) is 4.28. The molecule has 0 bridgehead atoms. The molecule has 1 aromatic rings. The molecule has 3 nitrogen and oxygen atoms in total. The molecule has 1 unspecified atom stereocenters. The fourth-order valence-corrected chi connectivity index (χ4v) is 3.28. The Morgan fingerprint density at radius 1 is 1.39 bits per heavy atom. The van der Waals surface area contributed by atoms with E-state index in [1.165, 1.54) is 22.4 Å². The highest BCUT2D eigenvalue weighted by molar-refractivity contribution is 6.02. The minimum atomic E-state index is 0.267. The molecule has 96 valence electrons. The van der Waals surface area contributed by atoms with Gasteiger partial charge in [0.05, 0.1) is 12.1 Å². The standard InChI is InChI=1S/C15H20N2O/c1-2-10(9-16)12-6-11-4-3-5-17-14(18)8-13(7-12)15(11)17/h6-7,10H,2-5,8-9,16H2,1H3. The maximum atomic E-state index is 12.0. The van der Waals surface area contributed by atoms with Crippen molar-refractivity contribution in [2.45, 2.75) is 38.5 Å². The van der Waals surface area contributed by atoms with Crippen molar-refractivity contribution in [3.05, 3.63) is 28.8 Å². The molecule has 1 amide bonds. The lowest BCUT2D eigenvalue weighted by atomic mass is 9.90. The van der Waals surface area contributed by atoms with E-state index in [1.807, 2.05) is 4.90 Å². The van der Waals surface area contributed by atoms with Crippen molar-refractivity contribution in [2.75, 3.05) is 18.0 Å². The third kappa shape index (κ3) is 1.65. The van der Waals surface area contributed by atoms with Crippen LogP contribution in [0.4, 0.5) is 5.69 Å². The number of hydrogen-bond donors (Lipinski definition) is 1. The number of carbonyl (C=O) groups is 1. The topological polar surface area (TPSA) is 46.3 Å². The Hall–Kier alpha value is -1.35. The van der Waals surface area contributed by atoms with E-state index >= 15 is 0 Å². The molecular weight excluding hydrogens is 224 g/mol. The average molecular weight is 244 g/mol. The summed E-state index contributed by atoms with van der Waals surface area (Å²) in [5.74, 6) is 0.696. The summed E-state index contributed by atoms with van der Waals surface area (Å²) in [6.45, 7) is 3.76. The Morgan fingerprint density at radius 3 is 2.89 bits per heavy atom. The normalized spacial score (nSPS) is 19.0. The minimum absolute atomic E-state index is 0.267. The second-order valence-electron chi connectivity index (χ2n) is 5.35. The second kappa shape index (κ2) is 4.39. The maximum absolute atomic E-state index is 12.0. The van der Waals surface area contributed by atoms with E-state index in [-0.39, 0.29) is 5.91 Å². The molecule has 2 N–H and O–H groups in total. The fourth-order valence-electron chi connectivity index (χ4n) is 3.28. The summed E-state index contributed by atoms with van der Waals surface area (Å²) in [6.07, 6.45) is 3.82. The Morgan fingerprint density at radius 2 is 2.17 bits per heavy atom. The molecule has 0 fully saturated rings. The van der Waals surface area contributed by atoms with Gasteiger partial charge in [0.25, 0.3) is 0 Å². The van der Waals surface area contributed by atoms with Crippen molar-refractivity contribution < 1.29 is 4.79 Å². The first kappa shape index (κ1) is 11.7. The molecule has 1 atom stereocenters. The van der Waals surface area contributed by atoms with E-state index in [4.69, 9.17) is 5.73 Å². The number of nitrogens with two attached hydrogens (primary N) is 1. The van der Waals surface area contributed by atoms with Gasteiger partial charge in [0.2, 0.25) is 5.91 Å². The molecule has 0 saturated heterocycles. The molecule has 18 heavy (non-hydrogen) atoms. The van der Waals surface area contributed by atoms with E-state index in [2.05, 4.69) is 19.1 Å². The van der Waals surface area contributed by atoms with Gasteiger partial charge in [0.15, 0.2) is 0 Å². The Labute approximate surface area is 108 Å². The van der Waals surface area contributed by atoms with Crippen LogP contribution in [0.1, 0.15) is 42.4 Å². The van der Waals surface area contributed by atoms with Crippen LogP contribution in [0, 0.1) is 0 Å². The second-order valence-corrected chi connectivity index (χ2v) is 5.35. The van der Waals surface area contributed by atoms with Gasteiger partial charge >= 0.3 is 0 Å². The third-order valence-electron chi connectivity index (χ3n) is 4.28. The number of anilines is 1. The van der Waals surface area contributed by atoms with E-state index in [0.717, 1.165) is 25.8 Å². The lowest BCUT2D eigenvalue weighted by Crippen LogP contribution is -2.31. The van der Waals surface area contributed by atoms with E-state index in [1.54, 1.807) is 0 Å². The SMILES string of the molecule is CCC(CN)c1cc2c3c(c1)CC(=O)N3CCC2. The number of benzene rings is 1. The molecule has 3 rings (SSSR count). The predicted molar refractivity (Wildman–Crippen MR) is 72.9 cm³/mol. The molecule has 0 aliphatic carbocycles. The zero-order valence-corrected chi connectivity index (χ0v) is 10.9. The van der Waals surface area contributed by atoms with Gasteiger partial charge in [-0.15, -0.1) is 0 Å². The predicted octanol–water partition coefficient (Wildman–Crippen LogP) is 1.97. The van der Waals surface area contributed by atoms with Crippen LogP contribution >= 0.6 is 0 Å². The zero-order chi connectivity index (χ0) is 12.7. The quantitative estimate of drug-likeness (QED) is 0.883. The smallest absolute Gasteiger partial charge is 0.231 e. The van der Waals surface area contributed by atoms with Crippen LogP contribution in [-0.2, 0) is 17.6 Å². The van der Waals surface area contributed by atoms with Crippen LogP contribution in [-0.4, -0.2) is 19.0 Å². The van der Waals surface area contributed by atoms with Crippen molar-refractivity contribution in [3.63, 3.8) is 0 Å². The summed E-state index contributed by atoms with van der Waals surface area (Å²) in [6, 6.07) is 4.49. The Kier molecular flexibility index (Phi) is 2.86. The summed E-state index contributed by atoms with van der Waals surface area (Å²) >= 11 is 0. The highest BCUT2D eigenvalue weighted by atomic mass is 16.2. The number of rotatable bonds is 3. The molecule has 0 spiro atoms. The van der Waals surface area contributed by atoms with Gasteiger partial charge in [-0.1, -0.05) is 19.1 Å². The molecule has 0 aromatic heterocycles. The molecule has 2 heterocycles. The first-order chi connectivity index (χ1) is 8.74. The van der Waals surface area contributed by atoms with Gasteiger partial charge in [0.1, 0.15) is 0 Å². The van der Waals surface area contributed by atoms with Crippen molar-refractivity contribution in [3.8, 4) is 0 Å². The van der Waals surface area contributed by atoms with Gasteiger partial charge in [-0.3, -0.25) is 4.79 Å². The average Bonchev–Trinajstić information content (AvgIpc) is 2.70. The summed E-state index contributed by atoms with van der Waals surface area (Å²) in [7, 11) is 0. The summed E-state index contributed by atoms with van der Waals surface area (Å²) in [4.78, 5) is 13.9. The monoisotopic (exact) mass is 244 g/mol. The van der Waals surface area contributed by atoms with Crippen LogP contribution < -0.4 is 10.6 Å². The Balaban J connectivity index is 2.08. The van der Waals surface area contributed by atoms with Crippen LogP contribution in [0.15, 0.2) is 12.1 Å². The first-order valence-electron chi connectivity index (χ1n) is 6.90. The lowest BCUT2D eigenvalue weighted by molar-refractivity contribution is -0.117. The molecule has 2 aliphatic heterocycles. The number of hydrogen-bond acceptors (Lipinski definition) is 2. The zero-order valence-electron chi connectivity index (χ0n) is 10.9. The molecule has 0 saturated carbocycles. The van der Waals surface area contributed by atoms with Crippen LogP contribution in [0.2, 0.25) is 0 Å². The van der Waals surface area contributed by atoms with Crippen LogP contribution in [0.25, 0.3) is 0 Å². The van der Waals surface area contributed by atoms with Crippen LogP contribution in [0.5, 0.6) is 0 Å². The number of amides is 1. The summed E-state index contributed by atoms with van der Waals surface area (Å²) in [5, 5.41) is 0. The molecule has 3 heteroatoms. The molecule has 1 aromatic carbocycles. The van der Waals surface area contributed by atoms with E-state index < -0.39 is 0 Å². The molecule has 2 aliphatic rings. The summed E-state index contributed by atoms with van der Waals surface area (Å²) < 4.78 is 0. The number of aryl methyl sites for hydroxylation is 1. The number of carbonyl (C=O) groups excluding carboxylic acids is 1. The highest BCUT2D eigenvalue weighted by Crippen LogP contribution is 2.39. The van der Waals surface area contributed by atoms with E-state index in [9.17, 15) is 4.79 Å². The summed E-state index contributed by atoms with van der Waals surface area (Å²) in [5.41, 5.74) is 11.0. The van der Waals surface area contributed by atoms with Gasteiger partial charge in [-0.2, -0.15) is 0 Å². The van der Waals surface area contributed by atoms with Crippen molar-refractivity contribution in [2.24, 2.45) is 5.73 Å². The van der Waals surface area contributed by atoms with Crippen LogP contribution in [0.3, 0.4) is 0 Å². The molecule has 0 radical (unpaired) electrons.